The molecule has 0 amide bonds. The average molecular weight is 277 g/mol. The van der Waals surface area contributed by atoms with Gasteiger partial charge in [-0.3, -0.25) is 0 Å². The summed E-state index contributed by atoms with van der Waals surface area (Å²) in [6.45, 7) is 3.78. The Labute approximate surface area is 120 Å². The fourth-order valence-electron chi connectivity index (χ4n) is 2.58. The molecule has 0 fully saturated rings. The highest BCUT2D eigenvalue weighted by atomic mass is 16.5. The number of benzene rings is 1. The summed E-state index contributed by atoms with van der Waals surface area (Å²) in [5.41, 5.74) is 2.34. The lowest BCUT2D eigenvalue weighted by molar-refractivity contribution is 0.219. The summed E-state index contributed by atoms with van der Waals surface area (Å²) in [6, 6.07) is 6.08. The molecular formula is C16H23NO3. The predicted octanol–water partition coefficient (Wildman–Crippen LogP) is 3.05. The smallest absolute Gasteiger partial charge is 0.165 e. The number of methoxy groups -OCH3 is 2. The Balaban J connectivity index is 2.40. The zero-order valence-corrected chi connectivity index (χ0v) is 12.4. The largest absolute Gasteiger partial charge is 0.501 e. The second-order valence-electron chi connectivity index (χ2n) is 4.74. The van der Waals surface area contributed by atoms with Gasteiger partial charge in [-0.05, 0) is 31.0 Å². The van der Waals surface area contributed by atoms with Crippen LogP contribution in [0.3, 0.4) is 0 Å². The Bertz CT molecular complexity index is 471. The van der Waals surface area contributed by atoms with Crippen molar-refractivity contribution in [3.8, 4) is 11.5 Å². The van der Waals surface area contributed by atoms with E-state index in [0.29, 0.717) is 0 Å². The van der Waals surface area contributed by atoms with E-state index < -0.39 is 0 Å². The molecule has 4 heteroatoms. The Kier molecular flexibility index (Phi) is 5.30. The lowest BCUT2D eigenvalue weighted by atomic mass is 9.94. The molecule has 1 atom stereocenters. The predicted molar refractivity (Wildman–Crippen MR) is 79.2 cm³/mol. The van der Waals surface area contributed by atoms with Crippen LogP contribution in [0.4, 0.5) is 0 Å². The van der Waals surface area contributed by atoms with Gasteiger partial charge in [-0.25, -0.2) is 0 Å². The zero-order valence-electron chi connectivity index (χ0n) is 12.4. The van der Waals surface area contributed by atoms with E-state index >= 15 is 0 Å². The number of hydrogen-bond donors (Lipinski definition) is 1. The quantitative estimate of drug-likeness (QED) is 0.867. The summed E-state index contributed by atoms with van der Waals surface area (Å²) in [6.07, 6.45) is 3.98. The maximum atomic E-state index is 5.55. The first kappa shape index (κ1) is 14.7. The van der Waals surface area contributed by atoms with Crippen molar-refractivity contribution in [2.75, 3.05) is 27.4 Å². The molecule has 1 N–H and O–H groups in total. The van der Waals surface area contributed by atoms with Crippen LogP contribution in [0.2, 0.25) is 0 Å². The molecule has 20 heavy (non-hydrogen) atoms. The van der Waals surface area contributed by atoms with Gasteiger partial charge in [-0.1, -0.05) is 19.1 Å². The summed E-state index contributed by atoms with van der Waals surface area (Å²) >= 11 is 0. The number of ether oxygens (including phenoxy) is 3. The second-order valence-corrected chi connectivity index (χ2v) is 4.74. The van der Waals surface area contributed by atoms with Gasteiger partial charge in [0.25, 0.3) is 0 Å². The van der Waals surface area contributed by atoms with Crippen molar-refractivity contribution in [3.63, 3.8) is 0 Å². The summed E-state index contributed by atoms with van der Waals surface area (Å²) in [5.74, 6) is 1.54. The van der Waals surface area contributed by atoms with E-state index in [2.05, 4.69) is 18.3 Å². The molecule has 0 aromatic heterocycles. The number of rotatable bonds is 6. The van der Waals surface area contributed by atoms with Crippen LogP contribution in [0.15, 0.2) is 30.0 Å². The Morgan fingerprint density at radius 1 is 1.30 bits per heavy atom. The van der Waals surface area contributed by atoms with Gasteiger partial charge < -0.3 is 19.5 Å². The minimum Gasteiger partial charge on any atom is -0.501 e. The number of hydrogen-bond acceptors (Lipinski definition) is 4. The first-order valence-corrected chi connectivity index (χ1v) is 7.06. The van der Waals surface area contributed by atoms with Crippen LogP contribution >= 0.6 is 0 Å². The highest BCUT2D eigenvalue weighted by Gasteiger charge is 2.23. The summed E-state index contributed by atoms with van der Waals surface area (Å²) in [7, 11) is 3.34. The van der Waals surface area contributed by atoms with Gasteiger partial charge in [0.2, 0.25) is 0 Å². The van der Waals surface area contributed by atoms with Gasteiger partial charge in [0.1, 0.15) is 0 Å². The maximum Gasteiger partial charge on any atom is 0.165 e. The fraction of sp³-hybridized carbons (Fsp3) is 0.500. The van der Waals surface area contributed by atoms with Crippen LogP contribution in [0.25, 0.3) is 0 Å². The van der Waals surface area contributed by atoms with Crippen molar-refractivity contribution in [1.29, 1.82) is 0 Å². The number of nitrogens with one attached hydrogen (secondary N) is 1. The summed E-state index contributed by atoms with van der Waals surface area (Å²) in [4.78, 5) is 0. The van der Waals surface area contributed by atoms with E-state index in [9.17, 15) is 0 Å². The van der Waals surface area contributed by atoms with Crippen molar-refractivity contribution < 1.29 is 14.2 Å². The van der Waals surface area contributed by atoms with E-state index in [-0.39, 0.29) is 6.04 Å². The number of para-hydroxylation sites is 1. The van der Waals surface area contributed by atoms with E-state index in [1.807, 2.05) is 18.4 Å². The standard InChI is InChI=1S/C16H23NO3/c1-4-17-15(12-7-6-10-20-11-12)13-8-5-9-14(18-2)16(13)19-3/h5,8-9,11,15,17H,4,6-7,10H2,1-3H3. The zero-order chi connectivity index (χ0) is 14.4. The molecular weight excluding hydrogens is 254 g/mol. The molecule has 0 saturated heterocycles. The van der Waals surface area contributed by atoms with E-state index in [4.69, 9.17) is 14.2 Å². The van der Waals surface area contributed by atoms with E-state index in [1.165, 1.54) is 5.57 Å². The van der Waals surface area contributed by atoms with Crippen molar-refractivity contribution in [3.05, 3.63) is 35.6 Å². The van der Waals surface area contributed by atoms with Crippen molar-refractivity contribution >= 4 is 0 Å². The van der Waals surface area contributed by atoms with Gasteiger partial charge in [0.15, 0.2) is 11.5 Å². The molecule has 0 saturated carbocycles. The van der Waals surface area contributed by atoms with Crippen LogP contribution in [-0.2, 0) is 4.74 Å². The van der Waals surface area contributed by atoms with Gasteiger partial charge in [0, 0.05) is 5.56 Å². The third-order valence-electron chi connectivity index (χ3n) is 3.49. The van der Waals surface area contributed by atoms with Gasteiger partial charge in [-0.2, -0.15) is 0 Å². The molecule has 0 bridgehead atoms. The normalized spacial score (nSPS) is 16.1. The van der Waals surface area contributed by atoms with E-state index in [0.717, 1.165) is 43.1 Å². The Morgan fingerprint density at radius 2 is 2.15 bits per heavy atom. The fourth-order valence-corrected chi connectivity index (χ4v) is 2.58. The molecule has 1 aromatic rings. The molecule has 1 aliphatic rings. The molecule has 2 rings (SSSR count). The third-order valence-corrected chi connectivity index (χ3v) is 3.49. The Hall–Kier alpha value is -1.68. The van der Waals surface area contributed by atoms with Crippen molar-refractivity contribution in [2.24, 2.45) is 0 Å². The molecule has 1 heterocycles. The highest BCUT2D eigenvalue weighted by molar-refractivity contribution is 5.50. The highest BCUT2D eigenvalue weighted by Crippen LogP contribution is 2.38. The SMILES string of the molecule is CCNC(C1=COCCC1)c1cccc(OC)c1OC. The van der Waals surface area contributed by atoms with Crippen LogP contribution in [0.5, 0.6) is 11.5 Å². The molecule has 1 aromatic carbocycles. The topological polar surface area (TPSA) is 39.7 Å². The minimum atomic E-state index is 0.102. The monoisotopic (exact) mass is 277 g/mol. The molecule has 0 radical (unpaired) electrons. The maximum absolute atomic E-state index is 5.55. The second kappa shape index (κ2) is 7.20. The van der Waals surface area contributed by atoms with Gasteiger partial charge in [0.05, 0.1) is 33.1 Å². The molecule has 1 aliphatic heterocycles. The summed E-state index contributed by atoms with van der Waals surface area (Å²) < 4.78 is 16.4. The minimum absolute atomic E-state index is 0.102. The van der Waals surface area contributed by atoms with Crippen LogP contribution in [0, 0.1) is 0 Å². The molecule has 4 nitrogen and oxygen atoms in total. The lowest BCUT2D eigenvalue weighted by Crippen LogP contribution is -2.25. The molecule has 0 spiro atoms. The molecule has 110 valence electrons. The lowest BCUT2D eigenvalue weighted by Gasteiger charge is -2.26. The average Bonchev–Trinajstić information content (AvgIpc) is 2.52. The van der Waals surface area contributed by atoms with Crippen LogP contribution in [0.1, 0.15) is 31.4 Å². The summed E-state index contributed by atoms with van der Waals surface area (Å²) in [5, 5.41) is 3.51. The van der Waals surface area contributed by atoms with Crippen molar-refractivity contribution in [2.45, 2.75) is 25.8 Å². The first-order chi connectivity index (χ1) is 9.81. The Morgan fingerprint density at radius 3 is 2.75 bits per heavy atom. The first-order valence-electron chi connectivity index (χ1n) is 7.06. The van der Waals surface area contributed by atoms with Gasteiger partial charge >= 0.3 is 0 Å². The number of likely N-dealkylation sites (N-methyl/N-ethyl adjacent to an activating group) is 1. The van der Waals surface area contributed by atoms with Crippen LogP contribution < -0.4 is 14.8 Å². The molecule has 0 aliphatic carbocycles. The third kappa shape index (κ3) is 3.07. The van der Waals surface area contributed by atoms with Gasteiger partial charge in [-0.15, -0.1) is 0 Å². The van der Waals surface area contributed by atoms with E-state index in [1.54, 1.807) is 14.2 Å². The van der Waals surface area contributed by atoms with Crippen molar-refractivity contribution in [1.82, 2.24) is 5.32 Å². The van der Waals surface area contributed by atoms with Crippen LogP contribution in [-0.4, -0.2) is 27.4 Å². The molecule has 1 unspecified atom stereocenters.